The van der Waals surface area contributed by atoms with Crippen molar-refractivity contribution in [1.82, 2.24) is 10.2 Å². The Morgan fingerprint density at radius 1 is 1.50 bits per heavy atom. The van der Waals surface area contributed by atoms with Crippen molar-refractivity contribution in [3.05, 3.63) is 0 Å². The Bertz CT molecular complexity index is 205. The first-order valence-electron chi connectivity index (χ1n) is 5.73. The summed E-state index contributed by atoms with van der Waals surface area (Å²) in [5.41, 5.74) is 0.299. The molecular formula is C11H22N2O. The molecule has 1 amide bonds. The number of amides is 1. The zero-order valence-corrected chi connectivity index (χ0v) is 9.60. The molecule has 0 aromatic carbocycles. The van der Waals surface area contributed by atoms with E-state index in [9.17, 15) is 4.79 Å². The van der Waals surface area contributed by atoms with Crippen molar-refractivity contribution in [2.24, 2.45) is 5.41 Å². The summed E-state index contributed by atoms with van der Waals surface area (Å²) in [7, 11) is 0. The summed E-state index contributed by atoms with van der Waals surface area (Å²) in [4.78, 5) is 13.5. The molecule has 14 heavy (non-hydrogen) atoms. The summed E-state index contributed by atoms with van der Waals surface area (Å²) in [6.45, 7) is 10.5. The minimum absolute atomic E-state index is 0.243. The monoisotopic (exact) mass is 198 g/mol. The van der Waals surface area contributed by atoms with Crippen molar-refractivity contribution in [3.8, 4) is 0 Å². The van der Waals surface area contributed by atoms with Gasteiger partial charge in [-0.15, -0.1) is 0 Å². The van der Waals surface area contributed by atoms with Gasteiger partial charge in [-0.25, -0.2) is 0 Å². The van der Waals surface area contributed by atoms with Crippen LogP contribution in [0.4, 0.5) is 0 Å². The van der Waals surface area contributed by atoms with Gasteiger partial charge >= 0.3 is 0 Å². The second kappa shape index (κ2) is 4.78. The standard InChI is InChI=1S/C9H16N2O.C2H6/c1-2-11-4-3-9(7-11)5-8(12)10-6-9;1-2/h2-7H2,1H3,(H,10,12);1-2H3. The van der Waals surface area contributed by atoms with E-state index in [4.69, 9.17) is 0 Å². The van der Waals surface area contributed by atoms with Gasteiger partial charge in [0.2, 0.25) is 5.91 Å². The summed E-state index contributed by atoms with van der Waals surface area (Å²) in [6.07, 6.45) is 1.95. The molecule has 3 nitrogen and oxygen atoms in total. The van der Waals surface area contributed by atoms with Crippen LogP contribution in [0.15, 0.2) is 0 Å². The highest BCUT2D eigenvalue weighted by molar-refractivity contribution is 5.79. The van der Waals surface area contributed by atoms with Crippen LogP contribution in [0, 0.1) is 5.41 Å². The predicted octanol–water partition coefficient (Wildman–Crippen LogP) is 1.24. The van der Waals surface area contributed by atoms with Gasteiger partial charge in [0, 0.05) is 24.9 Å². The van der Waals surface area contributed by atoms with Gasteiger partial charge in [0.15, 0.2) is 0 Å². The molecule has 1 unspecified atom stereocenters. The number of carbonyl (C=O) groups excluding carboxylic acids is 1. The highest BCUT2D eigenvalue weighted by atomic mass is 16.1. The molecule has 3 heteroatoms. The molecule has 0 aliphatic carbocycles. The summed E-state index contributed by atoms with van der Waals surface area (Å²) in [6, 6.07) is 0. The van der Waals surface area contributed by atoms with Crippen LogP contribution in [-0.4, -0.2) is 37.0 Å². The molecule has 0 saturated carbocycles. The van der Waals surface area contributed by atoms with E-state index < -0.39 is 0 Å². The Morgan fingerprint density at radius 2 is 2.21 bits per heavy atom. The first kappa shape index (κ1) is 11.5. The third kappa shape index (κ3) is 2.27. The third-order valence-corrected chi connectivity index (χ3v) is 3.16. The van der Waals surface area contributed by atoms with Crippen LogP contribution in [-0.2, 0) is 4.79 Å². The Labute approximate surface area is 86.9 Å². The molecule has 82 valence electrons. The van der Waals surface area contributed by atoms with E-state index in [1.54, 1.807) is 0 Å². The van der Waals surface area contributed by atoms with Crippen molar-refractivity contribution < 1.29 is 4.79 Å². The highest BCUT2D eigenvalue weighted by Gasteiger charge is 2.43. The topological polar surface area (TPSA) is 32.3 Å². The zero-order chi connectivity index (χ0) is 10.6. The smallest absolute Gasteiger partial charge is 0.220 e. The number of nitrogens with one attached hydrogen (secondary N) is 1. The summed E-state index contributed by atoms with van der Waals surface area (Å²) < 4.78 is 0. The van der Waals surface area contributed by atoms with Crippen LogP contribution in [0.25, 0.3) is 0 Å². The Kier molecular flexibility index (Phi) is 3.93. The number of rotatable bonds is 1. The van der Waals surface area contributed by atoms with Crippen molar-refractivity contribution in [1.29, 1.82) is 0 Å². The van der Waals surface area contributed by atoms with E-state index in [-0.39, 0.29) is 5.91 Å². The quantitative estimate of drug-likeness (QED) is 0.687. The lowest BCUT2D eigenvalue weighted by Gasteiger charge is -2.20. The van der Waals surface area contributed by atoms with Gasteiger partial charge < -0.3 is 10.2 Å². The van der Waals surface area contributed by atoms with E-state index in [1.807, 2.05) is 13.8 Å². The fraction of sp³-hybridized carbons (Fsp3) is 0.909. The van der Waals surface area contributed by atoms with E-state index in [0.717, 1.165) is 26.1 Å². The maximum atomic E-state index is 11.1. The van der Waals surface area contributed by atoms with Crippen LogP contribution in [0.1, 0.15) is 33.6 Å². The molecule has 0 radical (unpaired) electrons. The molecule has 0 bridgehead atoms. The molecule has 1 atom stereocenters. The second-order valence-corrected chi connectivity index (χ2v) is 4.07. The molecule has 2 aliphatic rings. The molecule has 2 fully saturated rings. The molecule has 2 aliphatic heterocycles. The van der Waals surface area contributed by atoms with Gasteiger partial charge in [0.25, 0.3) is 0 Å². The fourth-order valence-electron chi connectivity index (χ4n) is 2.34. The normalized spacial score (nSPS) is 31.5. The molecular weight excluding hydrogens is 176 g/mol. The van der Waals surface area contributed by atoms with Gasteiger partial charge in [-0.2, -0.15) is 0 Å². The molecule has 0 aromatic rings. The summed E-state index contributed by atoms with van der Waals surface area (Å²) in [5.74, 6) is 0.243. The van der Waals surface area contributed by atoms with Crippen LogP contribution < -0.4 is 5.32 Å². The Balaban J connectivity index is 0.000000461. The largest absolute Gasteiger partial charge is 0.355 e. The van der Waals surface area contributed by atoms with Gasteiger partial charge in [0.05, 0.1) is 0 Å². The van der Waals surface area contributed by atoms with E-state index in [2.05, 4.69) is 17.1 Å². The lowest BCUT2D eigenvalue weighted by atomic mass is 9.86. The molecule has 1 spiro atoms. The van der Waals surface area contributed by atoms with Gasteiger partial charge in [-0.3, -0.25) is 4.79 Å². The third-order valence-electron chi connectivity index (χ3n) is 3.16. The number of hydrogen-bond donors (Lipinski definition) is 1. The van der Waals surface area contributed by atoms with Crippen LogP contribution in [0.3, 0.4) is 0 Å². The zero-order valence-electron chi connectivity index (χ0n) is 9.60. The number of nitrogens with zero attached hydrogens (tertiary/aromatic N) is 1. The molecule has 1 N–H and O–H groups in total. The van der Waals surface area contributed by atoms with E-state index in [1.165, 1.54) is 13.0 Å². The van der Waals surface area contributed by atoms with Crippen LogP contribution in [0.5, 0.6) is 0 Å². The molecule has 2 rings (SSSR count). The maximum absolute atomic E-state index is 11.1. The maximum Gasteiger partial charge on any atom is 0.220 e. The van der Waals surface area contributed by atoms with Gasteiger partial charge in [-0.1, -0.05) is 20.8 Å². The van der Waals surface area contributed by atoms with Crippen LogP contribution >= 0.6 is 0 Å². The van der Waals surface area contributed by atoms with Gasteiger partial charge in [0.1, 0.15) is 0 Å². The van der Waals surface area contributed by atoms with Crippen molar-refractivity contribution in [3.63, 3.8) is 0 Å². The number of carbonyl (C=O) groups is 1. The van der Waals surface area contributed by atoms with Crippen molar-refractivity contribution in [2.75, 3.05) is 26.2 Å². The first-order valence-corrected chi connectivity index (χ1v) is 5.73. The average Bonchev–Trinajstić information content (AvgIpc) is 2.78. The van der Waals surface area contributed by atoms with Crippen molar-refractivity contribution in [2.45, 2.75) is 33.6 Å². The lowest BCUT2D eigenvalue weighted by molar-refractivity contribution is -0.119. The second-order valence-electron chi connectivity index (χ2n) is 4.07. The molecule has 2 saturated heterocycles. The van der Waals surface area contributed by atoms with E-state index >= 15 is 0 Å². The minimum Gasteiger partial charge on any atom is -0.355 e. The van der Waals surface area contributed by atoms with Gasteiger partial charge in [-0.05, 0) is 19.5 Å². The van der Waals surface area contributed by atoms with Crippen LogP contribution in [0.2, 0.25) is 0 Å². The summed E-state index contributed by atoms with van der Waals surface area (Å²) in [5, 5.41) is 2.93. The first-order chi connectivity index (χ1) is 6.74. The fourth-order valence-corrected chi connectivity index (χ4v) is 2.34. The predicted molar refractivity (Wildman–Crippen MR) is 58.1 cm³/mol. The highest BCUT2D eigenvalue weighted by Crippen LogP contribution is 2.36. The molecule has 0 aromatic heterocycles. The van der Waals surface area contributed by atoms with Crippen molar-refractivity contribution >= 4 is 5.91 Å². The summed E-state index contributed by atoms with van der Waals surface area (Å²) >= 11 is 0. The van der Waals surface area contributed by atoms with E-state index in [0.29, 0.717) is 5.41 Å². The molecule has 2 heterocycles. The lowest BCUT2D eigenvalue weighted by Crippen LogP contribution is -2.28. The Morgan fingerprint density at radius 3 is 2.64 bits per heavy atom. The Hall–Kier alpha value is -0.570. The average molecular weight is 198 g/mol. The SMILES string of the molecule is CC.CCN1CCC2(CNC(=O)C2)C1. The number of likely N-dealkylation sites (tertiary alicyclic amines) is 1. The minimum atomic E-state index is 0.243. The number of hydrogen-bond acceptors (Lipinski definition) is 2.